The van der Waals surface area contributed by atoms with Crippen LogP contribution in [0.4, 0.5) is 20.6 Å². The Morgan fingerprint density at radius 3 is 2.50 bits per heavy atom. The Morgan fingerprint density at radius 1 is 1.13 bits per heavy atom. The molecule has 1 saturated carbocycles. The number of methoxy groups -OCH3 is 1. The third-order valence-corrected chi connectivity index (χ3v) is 8.17. The zero-order chi connectivity index (χ0) is 27.1. The van der Waals surface area contributed by atoms with Gasteiger partial charge in [0, 0.05) is 38.2 Å². The number of amides is 1. The van der Waals surface area contributed by atoms with Crippen LogP contribution in [0.3, 0.4) is 0 Å². The zero-order valence-electron chi connectivity index (χ0n) is 22.4. The van der Waals surface area contributed by atoms with Crippen molar-refractivity contribution in [2.45, 2.75) is 64.0 Å². The van der Waals surface area contributed by atoms with Gasteiger partial charge < -0.3 is 19.3 Å². The molecule has 5 rings (SSSR count). The maximum Gasteiger partial charge on any atom is 0.414 e. The van der Waals surface area contributed by atoms with E-state index < -0.39 is 5.97 Å². The maximum atomic E-state index is 14.8. The number of rotatable bonds is 5. The van der Waals surface area contributed by atoms with Gasteiger partial charge in [0.05, 0.1) is 35.4 Å². The van der Waals surface area contributed by atoms with Crippen molar-refractivity contribution in [1.82, 2.24) is 9.55 Å². The second-order valence-corrected chi connectivity index (χ2v) is 10.8. The molecule has 0 spiro atoms. The first kappa shape index (κ1) is 26.0. The van der Waals surface area contributed by atoms with Crippen LogP contribution in [0.1, 0.15) is 62.0 Å². The molecule has 9 heteroatoms. The molecule has 1 N–H and O–H groups in total. The lowest BCUT2D eigenvalue weighted by atomic mass is 9.85. The number of halogens is 1. The lowest BCUT2D eigenvalue weighted by Crippen LogP contribution is -2.42. The number of carboxylic acids is 1. The third-order valence-electron chi connectivity index (χ3n) is 8.17. The molecule has 1 aliphatic carbocycles. The van der Waals surface area contributed by atoms with E-state index in [0.29, 0.717) is 24.9 Å². The second kappa shape index (κ2) is 10.3. The van der Waals surface area contributed by atoms with Crippen molar-refractivity contribution < 1.29 is 23.8 Å². The standard InChI is InChI=1S/C29H35FN4O4/c1-17-5-11-21-23(33(17)29(37)38-4)13-14-25-27(21)31-26(16-18-6-12-24(32(2)3)22(30)15-18)34(25)20-9-7-19(8-10-20)28(35)36/h6,12-15,17,19-20H,5,7-11,16H2,1-4H3,(H,35,36). The number of aliphatic carboxylic acids is 1. The van der Waals surface area contributed by atoms with Crippen LogP contribution < -0.4 is 9.80 Å². The van der Waals surface area contributed by atoms with Crippen molar-refractivity contribution in [3.8, 4) is 0 Å². The van der Waals surface area contributed by atoms with E-state index in [1.165, 1.54) is 7.11 Å². The number of hydrogen-bond acceptors (Lipinski definition) is 5. The van der Waals surface area contributed by atoms with Gasteiger partial charge in [-0.1, -0.05) is 6.07 Å². The van der Waals surface area contributed by atoms with Crippen LogP contribution in [-0.4, -0.2) is 54.0 Å². The fraction of sp³-hybridized carbons (Fsp3) is 0.483. The molecule has 1 amide bonds. The minimum absolute atomic E-state index is 0.0124. The summed E-state index contributed by atoms with van der Waals surface area (Å²) >= 11 is 0. The van der Waals surface area contributed by atoms with Crippen LogP contribution in [0, 0.1) is 11.7 Å². The van der Waals surface area contributed by atoms with E-state index in [9.17, 15) is 19.1 Å². The average molecular weight is 523 g/mol. The molecular formula is C29H35FN4O4. The van der Waals surface area contributed by atoms with Crippen molar-refractivity contribution >= 4 is 34.5 Å². The Labute approximate surface area is 222 Å². The Balaban J connectivity index is 1.60. The lowest BCUT2D eigenvalue weighted by Gasteiger charge is -2.34. The van der Waals surface area contributed by atoms with Gasteiger partial charge in [-0.15, -0.1) is 0 Å². The molecule has 1 unspecified atom stereocenters. The SMILES string of the molecule is COC(=O)N1c2ccc3c(nc(Cc4ccc(N(C)C)c(F)c4)n3C3CCC(C(=O)O)CC3)c2CCC1C. The van der Waals surface area contributed by atoms with Gasteiger partial charge in [0.2, 0.25) is 0 Å². The summed E-state index contributed by atoms with van der Waals surface area (Å²) in [6, 6.07) is 9.38. The summed E-state index contributed by atoms with van der Waals surface area (Å²) in [6.07, 6.45) is 4.36. The van der Waals surface area contributed by atoms with Crippen molar-refractivity contribution in [2.75, 3.05) is 31.0 Å². The molecule has 1 fully saturated rings. The van der Waals surface area contributed by atoms with Gasteiger partial charge in [-0.3, -0.25) is 9.69 Å². The molecular weight excluding hydrogens is 487 g/mol. The van der Waals surface area contributed by atoms with Gasteiger partial charge >= 0.3 is 12.1 Å². The summed E-state index contributed by atoms with van der Waals surface area (Å²) in [5.41, 5.74) is 5.00. The fourth-order valence-electron chi connectivity index (χ4n) is 6.14. The summed E-state index contributed by atoms with van der Waals surface area (Å²) in [4.78, 5) is 32.8. The second-order valence-electron chi connectivity index (χ2n) is 10.8. The molecule has 2 aromatic carbocycles. The molecule has 0 saturated heterocycles. The normalized spacial score (nSPS) is 21.3. The molecule has 2 heterocycles. The molecule has 1 aliphatic heterocycles. The van der Waals surface area contributed by atoms with E-state index in [0.717, 1.165) is 59.4 Å². The maximum absolute atomic E-state index is 14.8. The summed E-state index contributed by atoms with van der Waals surface area (Å²) in [7, 11) is 5.02. The van der Waals surface area contributed by atoms with Crippen LogP contribution in [0.5, 0.6) is 0 Å². The first-order valence-corrected chi connectivity index (χ1v) is 13.3. The van der Waals surface area contributed by atoms with Crippen LogP contribution >= 0.6 is 0 Å². The van der Waals surface area contributed by atoms with E-state index in [4.69, 9.17) is 9.72 Å². The van der Waals surface area contributed by atoms with Gasteiger partial charge in [0.1, 0.15) is 11.6 Å². The molecule has 2 aliphatic rings. The van der Waals surface area contributed by atoms with E-state index >= 15 is 0 Å². The highest BCUT2D eigenvalue weighted by atomic mass is 19.1. The molecule has 8 nitrogen and oxygen atoms in total. The highest BCUT2D eigenvalue weighted by molar-refractivity contribution is 5.95. The minimum Gasteiger partial charge on any atom is -0.481 e. The van der Waals surface area contributed by atoms with E-state index in [-0.39, 0.29) is 29.9 Å². The number of aryl methyl sites for hydroxylation is 1. The third kappa shape index (κ3) is 4.59. The first-order valence-electron chi connectivity index (χ1n) is 13.3. The van der Waals surface area contributed by atoms with Gasteiger partial charge in [-0.25, -0.2) is 14.2 Å². The van der Waals surface area contributed by atoms with Crippen LogP contribution in [0.2, 0.25) is 0 Å². The molecule has 38 heavy (non-hydrogen) atoms. The van der Waals surface area contributed by atoms with Gasteiger partial charge in [0.25, 0.3) is 0 Å². The topological polar surface area (TPSA) is 87.9 Å². The minimum atomic E-state index is -0.735. The number of anilines is 2. The predicted molar refractivity (Wildman–Crippen MR) is 145 cm³/mol. The number of fused-ring (bicyclic) bond motifs is 3. The van der Waals surface area contributed by atoms with E-state index in [1.54, 1.807) is 21.9 Å². The van der Waals surface area contributed by atoms with Gasteiger partial charge in [0.15, 0.2) is 0 Å². The monoisotopic (exact) mass is 522 g/mol. The number of ether oxygens (including phenoxy) is 1. The number of carbonyl (C=O) groups excluding carboxylic acids is 1. The molecule has 0 bridgehead atoms. The molecule has 0 radical (unpaired) electrons. The lowest BCUT2D eigenvalue weighted by molar-refractivity contribution is -0.143. The quantitative estimate of drug-likeness (QED) is 0.472. The molecule has 202 valence electrons. The van der Waals surface area contributed by atoms with Gasteiger partial charge in [-0.2, -0.15) is 0 Å². The largest absolute Gasteiger partial charge is 0.481 e. The summed E-state index contributed by atoms with van der Waals surface area (Å²) in [5.74, 6) is -0.508. The summed E-state index contributed by atoms with van der Waals surface area (Å²) < 4.78 is 22.1. The van der Waals surface area contributed by atoms with Crippen molar-refractivity contribution in [3.05, 3.63) is 53.1 Å². The van der Waals surface area contributed by atoms with Crippen LogP contribution in [0.15, 0.2) is 30.3 Å². The summed E-state index contributed by atoms with van der Waals surface area (Å²) in [5, 5.41) is 9.51. The summed E-state index contributed by atoms with van der Waals surface area (Å²) in [6.45, 7) is 2.01. The Kier molecular flexibility index (Phi) is 7.03. The molecule has 1 atom stereocenters. The number of hydrogen-bond donors (Lipinski definition) is 1. The molecule has 3 aromatic rings. The highest BCUT2D eigenvalue weighted by Crippen LogP contribution is 2.40. The van der Waals surface area contributed by atoms with Crippen LogP contribution in [-0.2, 0) is 22.4 Å². The number of benzene rings is 2. The van der Waals surface area contributed by atoms with Crippen LogP contribution in [0.25, 0.3) is 11.0 Å². The zero-order valence-corrected chi connectivity index (χ0v) is 22.4. The Bertz CT molecular complexity index is 1380. The molecule has 1 aromatic heterocycles. The number of imidazole rings is 1. The Morgan fingerprint density at radius 2 is 1.87 bits per heavy atom. The van der Waals surface area contributed by atoms with Gasteiger partial charge in [-0.05, 0) is 75.3 Å². The van der Waals surface area contributed by atoms with Crippen molar-refractivity contribution in [2.24, 2.45) is 5.92 Å². The van der Waals surface area contributed by atoms with E-state index in [1.807, 2.05) is 39.2 Å². The number of carbonyl (C=O) groups is 2. The number of carboxylic acid groups (broad SMARTS) is 1. The fourth-order valence-corrected chi connectivity index (χ4v) is 6.14. The predicted octanol–water partition coefficient (Wildman–Crippen LogP) is 5.56. The highest BCUT2D eigenvalue weighted by Gasteiger charge is 2.33. The van der Waals surface area contributed by atoms with Crippen molar-refractivity contribution in [3.63, 3.8) is 0 Å². The van der Waals surface area contributed by atoms with Crippen molar-refractivity contribution in [1.29, 1.82) is 0 Å². The number of aromatic nitrogens is 2. The number of nitrogens with zero attached hydrogens (tertiary/aromatic N) is 4. The first-order chi connectivity index (χ1) is 18.2. The van der Waals surface area contributed by atoms with E-state index in [2.05, 4.69) is 4.57 Å². The smallest absolute Gasteiger partial charge is 0.414 e. The Hall–Kier alpha value is -3.62. The average Bonchev–Trinajstić information content (AvgIpc) is 3.26.